The molecule has 0 radical (unpaired) electrons. The average Bonchev–Trinajstić information content (AvgIpc) is 2.68. The molecule has 1 N–H and O–H groups in total. The Morgan fingerprint density at radius 1 is 1.10 bits per heavy atom. The molecule has 0 aliphatic carbocycles. The van der Waals surface area contributed by atoms with Crippen LogP contribution in [0.25, 0.3) is 0 Å². The molecule has 170 valence electrons. The lowest BCUT2D eigenvalue weighted by atomic mass is 10.1. The zero-order chi connectivity index (χ0) is 23.0. The van der Waals surface area contributed by atoms with E-state index in [4.69, 9.17) is 4.74 Å². The summed E-state index contributed by atoms with van der Waals surface area (Å²) < 4.78 is 32.1. The van der Waals surface area contributed by atoms with Crippen molar-refractivity contribution in [3.8, 4) is 5.75 Å². The smallest absolute Gasteiger partial charge is 0.243 e. The molecule has 0 aliphatic heterocycles. The highest BCUT2D eigenvalue weighted by molar-refractivity contribution is 7.92. The molecule has 7 heteroatoms. The number of anilines is 1. The summed E-state index contributed by atoms with van der Waals surface area (Å²) >= 11 is 0. The van der Waals surface area contributed by atoms with Gasteiger partial charge in [-0.25, -0.2) is 8.42 Å². The van der Waals surface area contributed by atoms with E-state index in [1.54, 1.807) is 12.1 Å². The Morgan fingerprint density at radius 2 is 1.74 bits per heavy atom. The molecule has 31 heavy (non-hydrogen) atoms. The van der Waals surface area contributed by atoms with E-state index in [9.17, 15) is 13.2 Å². The molecule has 0 aromatic heterocycles. The maximum atomic E-state index is 12.9. The van der Waals surface area contributed by atoms with Crippen molar-refractivity contribution >= 4 is 21.6 Å². The van der Waals surface area contributed by atoms with Gasteiger partial charge in [-0.3, -0.25) is 9.10 Å². The van der Waals surface area contributed by atoms with E-state index in [2.05, 4.69) is 5.32 Å². The number of sulfonamides is 1. The lowest BCUT2D eigenvalue weighted by Gasteiger charge is -2.30. The van der Waals surface area contributed by atoms with Gasteiger partial charge in [-0.1, -0.05) is 31.2 Å². The lowest BCUT2D eigenvalue weighted by Crippen LogP contribution is -2.49. The monoisotopic (exact) mass is 446 g/mol. The van der Waals surface area contributed by atoms with Gasteiger partial charge >= 0.3 is 0 Å². The van der Waals surface area contributed by atoms with Gasteiger partial charge in [0.1, 0.15) is 11.8 Å². The number of hydrogen-bond donors (Lipinski definition) is 1. The first kappa shape index (κ1) is 24.7. The van der Waals surface area contributed by atoms with Gasteiger partial charge in [0.25, 0.3) is 0 Å². The molecular formula is C24H34N2O4S. The predicted molar refractivity (Wildman–Crippen MR) is 126 cm³/mol. The first-order chi connectivity index (χ1) is 14.7. The Bertz CT molecular complexity index is 969. The van der Waals surface area contributed by atoms with Gasteiger partial charge in [0.05, 0.1) is 18.6 Å². The number of hydrogen-bond acceptors (Lipinski definition) is 4. The van der Waals surface area contributed by atoms with Crippen LogP contribution in [0.4, 0.5) is 5.69 Å². The normalized spacial score (nSPS) is 12.3. The zero-order valence-corrected chi connectivity index (χ0v) is 20.0. The Morgan fingerprint density at radius 3 is 2.32 bits per heavy atom. The third-order valence-electron chi connectivity index (χ3n) is 4.99. The largest absolute Gasteiger partial charge is 0.494 e. The Balaban J connectivity index is 2.09. The second-order valence-corrected chi connectivity index (χ2v) is 9.62. The van der Waals surface area contributed by atoms with Gasteiger partial charge < -0.3 is 10.1 Å². The van der Waals surface area contributed by atoms with Gasteiger partial charge in [0.15, 0.2) is 0 Å². The van der Waals surface area contributed by atoms with Crippen molar-refractivity contribution in [1.29, 1.82) is 0 Å². The van der Waals surface area contributed by atoms with E-state index in [-0.39, 0.29) is 5.91 Å². The van der Waals surface area contributed by atoms with Gasteiger partial charge in [-0.2, -0.15) is 0 Å². The summed E-state index contributed by atoms with van der Waals surface area (Å²) in [5.41, 5.74) is 3.52. The maximum Gasteiger partial charge on any atom is 0.243 e. The Labute approximate surface area is 186 Å². The number of carbonyl (C=O) groups excluding carboxylic acids is 1. The van der Waals surface area contributed by atoms with Crippen LogP contribution in [0.2, 0.25) is 0 Å². The van der Waals surface area contributed by atoms with Crippen LogP contribution >= 0.6 is 0 Å². The number of nitrogens with zero attached hydrogens (tertiary/aromatic N) is 1. The fraction of sp³-hybridized carbons (Fsp3) is 0.458. The van der Waals surface area contributed by atoms with Crippen LogP contribution in [0.3, 0.4) is 0 Å². The molecule has 0 aliphatic rings. The molecule has 0 fully saturated rings. The van der Waals surface area contributed by atoms with Gasteiger partial charge in [0, 0.05) is 6.54 Å². The molecule has 2 aromatic carbocycles. The number of benzene rings is 2. The summed E-state index contributed by atoms with van der Waals surface area (Å²) in [6, 6.07) is 12.7. The molecule has 2 aromatic rings. The molecule has 1 atom stereocenters. The second kappa shape index (κ2) is 11.2. The van der Waals surface area contributed by atoms with E-state index in [1.807, 2.05) is 58.0 Å². The fourth-order valence-electron chi connectivity index (χ4n) is 3.75. The Kier molecular flexibility index (Phi) is 8.92. The summed E-state index contributed by atoms with van der Waals surface area (Å²) in [5.74, 6) is 0.575. The molecule has 0 heterocycles. The minimum atomic E-state index is -3.64. The number of rotatable bonds is 11. The van der Waals surface area contributed by atoms with Crippen LogP contribution in [-0.4, -0.2) is 39.8 Å². The lowest BCUT2D eigenvalue weighted by molar-refractivity contribution is -0.122. The van der Waals surface area contributed by atoms with Crippen LogP contribution in [-0.2, 0) is 21.2 Å². The molecule has 0 saturated heterocycles. The molecule has 0 bridgehead atoms. The fourth-order valence-corrected chi connectivity index (χ4v) is 4.95. The summed E-state index contributed by atoms with van der Waals surface area (Å²) in [6.45, 7) is 8.66. The molecule has 0 spiro atoms. The third kappa shape index (κ3) is 6.99. The van der Waals surface area contributed by atoms with Crippen molar-refractivity contribution < 1.29 is 17.9 Å². The quantitative estimate of drug-likeness (QED) is 0.530. The molecular weight excluding hydrogens is 412 g/mol. The standard InChI is InChI=1S/C24H34N2O4S/c1-6-22(26(31(5,28)29)21-16-18(3)15-19(4)17-21)24(27)25-14-10-12-20-11-8-9-13-23(20)30-7-2/h8-9,11,13,15-17,22H,6-7,10,12,14H2,1-5H3,(H,25,27). The van der Waals surface area contributed by atoms with Gasteiger partial charge in [-0.05, 0) is 74.9 Å². The second-order valence-electron chi connectivity index (χ2n) is 7.76. The summed E-state index contributed by atoms with van der Waals surface area (Å²) in [7, 11) is -3.64. The number of amides is 1. The SMILES string of the molecule is CCOc1ccccc1CCCNC(=O)C(CC)N(c1cc(C)cc(C)c1)S(C)(=O)=O. The molecule has 1 unspecified atom stereocenters. The summed E-state index contributed by atoms with van der Waals surface area (Å²) in [6.07, 6.45) is 3.01. The van der Waals surface area contributed by atoms with Crippen LogP contribution < -0.4 is 14.4 Å². The number of carbonyl (C=O) groups is 1. The maximum absolute atomic E-state index is 12.9. The first-order valence-corrected chi connectivity index (χ1v) is 12.6. The first-order valence-electron chi connectivity index (χ1n) is 10.7. The summed E-state index contributed by atoms with van der Waals surface area (Å²) in [5, 5.41) is 2.92. The van der Waals surface area contributed by atoms with E-state index in [0.29, 0.717) is 25.3 Å². The van der Waals surface area contributed by atoms with Crippen LogP contribution in [0.1, 0.15) is 43.4 Å². The number of para-hydroxylation sites is 1. The van der Waals surface area contributed by atoms with E-state index in [1.165, 1.54) is 4.31 Å². The van der Waals surface area contributed by atoms with Crippen LogP contribution in [0, 0.1) is 13.8 Å². The molecule has 0 saturated carbocycles. The average molecular weight is 447 g/mol. The molecule has 1 amide bonds. The van der Waals surface area contributed by atoms with E-state index >= 15 is 0 Å². The Hall–Kier alpha value is -2.54. The minimum Gasteiger partial charge on any atom is -0.494 e. The third-order valence-corrected chi connectivity index (χ3v) is 6.17. The van der Waals surface area contributed by atoms with Crippen molar-refractivity contribution in [3.63, 3.8) is 0 Å². The van der Waals surface area contributed by atoms with Crippen molar-refractivity contribution in [2.45, 2.75) is 53.0 Å². The van der Waals surface area contributed by atoms with Gasteiger partial charge in [0.2, 0.25) is 15.9 Å². The highest BCUT2D eigenvalue weighted by Crippen LogP contribution is 2.25. The van der Waals surface area contributed by atoms with Crippen molar-refractivity contribution in [3.05, 3.63) is 59.2 Å². The number of nitrogens with one attached hydrogen (secondary N) is 1. The van der Waals surface area contributed by atoms with Crippen LogP contribution in [0.5, 0.6) is 5.75 Å². The van der Waals surface area contributed by atoms with E-state index < -0.39 is 16.1 Å². The van der Waals surface area contributed by atoms with Crippen molar-refractivity contribution in [2.24, 2.45) is 0 Å². The van der Waals surface area contributed by atoms with E-state index in [0.717, 1.165) is 41.5 Å². The topological polar surface area (TPSA) is 75.7 Å². The molecule has 2 rings (SSSR count). The van der Waals surface area contributed by atoms with Crippen LogP contribution in [0.15, 0.2) is 42.5 Å². The number of aryl methyl sites for hydroxylation is 3. The number of ether oxygens (including phenoxy) is 1. The minimum absolute atomic E-state index is 0.287. The zero-order valence-electron chi connectivity index (χ0n) is 19.1. The van der Waals surface area contributed by atoms with Crippen molar-refractivity contribution in [2.75, 3.05) is 23.7 Å². The highest BCUT2D eigenvalue weighted by atomic mass is 32.2. The van der Waals surface area contributed by atoms with Gasteiger partial charge in [-0.15, -0.1) is 0 Å². The highest BCUT2D eigenvalue weighted by Gasteiger charge is 2.31. The summed E-state index contributed by atoms with van der Waals surface area (Å²) in [4.78, 5) is 12.9. The van der Waals surface area contributed by atoms with Crippen molar-refractivity contribution in [1.82, 2.24) is 5.32 Å². The predicted octanol–water partition coefficient (Wildman–Crippen LogP) is 4.00. The molecule has 6 nitrogen and oxygen atoms in total.